The maximum Gasteiger partial charge on any atom is 0.412 e. The van der Waals surface area contributed by atoms with Crippen LogP contribution in [0.15, 0.2) is 77.3 Å². The molecule has 0 atom stereocenters. The van der Waals surface area contributed by atoms with E-state index >= 15 is 0 Å². The molecule has 3 aromatic carbocycles. The fourth-order valence-corrected chi connectivity index (χ4v) is 3.67. The number of benzene rings is 3. The molecule has 0 saturated heterocycles. The van der Waals surface area contributed by atoms with Gasteiger partial charge in [-0.15, -0.1) is 0 Å². The van der Waals surface area contributed by atoms with E-state index in [4.69, 9.17) is 9.47 Å². The van der Waals surface area contributed by atoms with Crippen LogP contribution >= 0.6 is 15.9 Å². The molecule has 0 unspecified atom stereocenters. The van der Waals surface area contributed by atoms with Gasteiger partial charge in [-0.25, -0.2) is 9.59 Å². The normalized spacial score (nSPS) is 10.3. The van der Waals surface area contributed by atoms with Crippen LogP contribution < -0.4 is 20.7 Å². The highest BCUT2D eigenvalue weighted by atomic mass is 79.9. The standard InChI is InChI=1S/C26H28BrN3O4/c1-19-16-22(27)11-10-21(19)12-13-29-26(32)34-24-9-5-8-23(17-24)28-14-15-30-25(31)33-18-20-6-3-2-4-7-20/h2-11,16-17,28H,12-15,18H2,1H3,(H,29,32)(H,30,31). The fraction of sp³-hybridized carbons (Fsp3) is 0.231. The lowest BCUT2D eigenvalue weighted by Crippen LogP contribution is -2.29. The second-order valence-electron chi connectivity index (χ2n) is 7.58. The summed E-state index contributed by atoms with van der Waals surface area (Å²) in [7, 11) is 0. The minimum absolute atomic E-state index is 0.226. The number of ether oxygens (including phenoxy) is 2. The van der Waals surface area contributed by atoms with Gasteiger partial charge in [0.05, 0.1) is 0 Å². The van der Waals surface area contributed by atoms with E-state index in [1.165, 1.54) is 11.1 Å². The molecule has 3 rings (SSSR count). The average Bonchev–Trinajstić information content (AvgIpc) is 2.83. The molecule has 0 saturated carbocycles. The van der Waals surface area contributed by atoms with E-state index in [1.807, 2.05) is 55.5 Å². The highest BCUT2D eigenvalue weighted by Gasteiger charge is 2.06. The summed E-state index contributed by atoms with van der Waals surface area (Å²) in [5.74, 6) is 0.428. The summed E-state index contributed by atoms with van der Waals surface area (Å²) in [5.41, 5.74) is 4.05. The maximum atomic E-state index is 12.1. The van der Waals surface area contributed by atoms with Gasteiger partial charge in [0, 0.05) is 35.9 Å². The van der Waals surface area contributed by atoms with E-state index in [0.717, 1.165) is 22.1 Å². The van der Waals surface area contributed by atoms with Crippen LogP contribution in [0.3, 0.4) is 0 Å². The molecule has 3 aromatic rings. The number of halogens is 1. The van der Waals surface area contributed by atoms with Gasteiger partial charge in [0.15, 0.2) is 0 Å². The topological polar surface area (TPSA) is 88.7 Å². The molecule has 0 spiro atoms. The van der Waals surface area contributed by atoms with Gasteiger partial charge >= 0.3 is 12.2 Å². The van der Waals surface area contributed by atoms with Gasteiger partial charge in [0.2, 0.25) is 0 Å². The molecule has 0 aliphatic carbocycles. The molecular weight excluding hydrogens is 498 g/mol. The highest BCUT2D eigenvalue weighted by molar-refractivity contribution is 9.10. The third-order valence-corrected chi connectivity index (χ3v) is 5.44. The summed E-state index contributed by atoms with van der Waals surface area (Å²) in [6.07, 6.45) is -0.260. The molecular formula is C26H28BrN3O4. The van der Waals surface area contributed by atoms with Crippen molar-refractivity contribution in [2.24, 2.45) is 0 Å². The van der Waals surface area contributed by atoms with E-state index in [9.17, 15) is 9.59 Å². The van der Waals surface area contributed by atoms with Gasteiger partial charge in [-0.2, -0.15) is 0 Å². The lowest BCUT2D eigenvalue weighted by molar-refractivity contribution is 0.140. The molecule has 34 heavy (non-hydrogen) atoms. The summed E-state index contributed by atoms with van der Waals surface area (Å²) < 4.78 is 11.6. The lowest BCUT2D eigenvalue weighted by atomic mass is 10.1. The lowest BCUT2D eigenvalue weighted by Gasteiger charge is -2.11. The Kier molecular flexibility index (Phi) is 9.79. The Labute approximate surface area is 208 Å². The molecule has 0 radical (unpaired) electrons. The van der Waals surface area contributed by atoms with E-state index in [1.54, 1.807) is 18.2 Å². The Morgan fingerprint density at radius 3 is 2.44 bits per heavy atom. The van der Waals surface area contributed by atoms with E-state index < -0.39 is 12.2 Å². The van der Waals surface area contributed by atoms with Gasteiger partial charge in [-0.3, -0.25) is 0 Å². The molecule has 0 aromatic heterocycles. The second kappa shape index (κ2) is 13.3. The highest BCUT2D eigenvalue weighted by Crippen LogP contribution is 2.18. The number of alkyl carbamates (subject to hydrolysis) is 1. The van der Waals surface area contributed by atoms with Crippen LogP contribution in [0.5, 0.6) is 5.75 Å². The SMILES string of the molecule is Cc1cc(Br)ccc1CCNC(=O)Oc1cccc(NCCNC(=O)OCc2ccccc2)c1. The van der Waals surface area contributed by atoms with Gasteiger partial charge in [0.1, 0.15) is 12.4 Å². The fourth-order valence-electron chi connectivity index (χ4n) is 3.20. The monoisotopic (exact) mass is 525 g/mol. The third-order valence-electron chi connectivity index (χ3n) is 4.95. The first-order chi connectivity index (χ1) is 16.5. The first-order valence-corrected chi connectivity index (χ1v) is 11.8. The minimum atomic E-state index is -0.505. The van der Waals surface area contributed by atoms with Crippen molar-refractivity contribution in [3.8, 4) is 5.75 Å². The number of rotatable bonds is 10. The molecule has 8 heteroatoms. The number of carbonyl (C=O) groups is 2. The molecule has 0 heterocycles. The minimum Gasteiger partial charge on any atom is -0.445 e. The smallest absolute Gasteiger partial charge is 0.412 e. The van der Waals surface area contributed by atoms with E-state index in [0.29, 0.717) is 25.4 Å². The molecule has 3 N–H and O–H groups in total. The van der Waals surface area contributed by atoms with Crippen molar-refractivity contribution in [1.82, 2.24) is 10.6 Å². The number of hydrogen-bond donors (Lipinski definition) is 3. The Hall–Kier alpha value is -3.52. The van der Waals surface area contributed by atoms with Crippen LogP contribution in [0, 0.1) is 6.92 Å². The Morgan fingerprint density at radius 2 is 1.65 bits per heavy atom. The number of nitrogens with one attached hydrogen (secondary N) is 3. The summed E-state index contributed by atoms with van der Waals surface area (Å²) >= 11 is 3.45. The second-order valence-corrected chi connectivity index (χ2v) is 8.50. The zero-order chi connectivity index (χ0) is 24.2. The van der Waals surface area contributed by atoms with Crippen molar-refractivity contribution >= 4 is 33.8 Å². The van der Waals surface area contributed by atoms with Crippen LogP contribution in [-0.4, -0.2) is 31.8 Å². The van der Waals surface area contributed by atoms with Crippen molar-refractivity contribution in [3.63, 3.8) is 0 Å². The van der Waals surface area contributed by atoms with Crippen molar-refractivity contribution in [3.05, 3.63) is 94.0 Å². The molecule has 0 fully saturated rings. The predicted molar refractivity (Wildman–Crippen MR) is 136 cm³/mol. The zero-order valence-electron chi connectivity index (χ0n) is 19.0. The maximum absolute atomic E-state index is 12.1. The summed E-state index contributed by atoms with van der Waals surface area (Å²) in [6.45, 7) is 3.62. The van der Waals surface area contributed by atoms with E-state index in [2.05, 4.69) is 37.9 Å². The van der Waals surface area contributed by atoms with Gasteiger partial charge < -0.3 is 25.4 Å². The number of hydrogen-bond acceptors (Lipinski definition) is 5. The van der Waals surface area contributed by atoms with Crippen LogP contribution in [0.4, 0.5) is 15.3 Å². The predicted octanol–water partition coefficient (Wildman–Crippen LogP) is 5.43. The molecule has 0 aliphatic rings. The van der Waals surface area contributed by atoms with Crippen molar-refractivity contribution in [2.75, 3.05) is 25.0 Å². The summed E-state index contributed by atoms with van der Waals surface area (Å²) in [4.78, 5) is 23.9. The first-order valence-electron chi connectivity index (χ1n) is 11.0. The Bertz CT molecular complexity index is 1090. The summed E-state index contributed by atoms with van der Waals surface area (Å²) in [6, 6.07) is 22.7. The number of amides is 2. The largest absolute Gasteiger partial charge is 0.445 e. The molecule has 0 bridgehead atoms. The quantitative estimate of drug-likeness (QED) is 0.307. The molecule has 7 nitrogen and oxygen atoms in total. The zero-order valence-corrected chi connectivity index (χ0v) is 20.6. The van der Waals surface area contributed by atoms with Crippen molar-refractivity contribution < 1.29 is 19.1 Å². The van der Waals surface area contributed by atoms with Crippen molar-refractivity contribution in [2.45, 2.75) is 20.0 Å². The van der Waals surface area contributed by atoms with Crippen LogP contribution in [0.25, 0.3) is 0 Å². The van der Waals surface area contributed by atoms with Gasteiger partial charge in [-0.1, -0.05) is 58.4 Å². The average molecular weight is 526 g/mol. The van der Waals surface area contributed by atoms with E-state index in [-0.39, 0.29) is 6.61 Å². The molecule has 2 amide bonds. The molecule has 0 aliphatic heterocycles. The Morgan fingerprint density at radius 1 is 0.853 bits per heavy atom. The van der Waals surface area contributed by atoms with Gasteiger partial charge in [0.25, 0.3) is 0 Å². The number of carbonyl (C=O) groups excluding carboxylic acids is 2. The third kappa shape index (κ3) is 8.78. The van der Waals surface area contributed by atoms with Gasteiger partial charge in [-0.05, 0) is 54.3 Å². The van der Waals surface area contributed by atoms with Crippen molar-refractivity contribution in [1.29, 1.82) is 0 Å². The number of aryl methyl sites for hydroxylation is 1. The summed E-state index contributed by atoms with van der Waals surface area (Å²) in [5, 5.41) is 8.64. The van der Waals surface area contributed by atoms with Crippen LogP contribution in [0.1, 0.15) is 16.7 Å². The first kappa shape index (κ1) is 25.1. The number of anilines is 1. The van der Waals surface area contributed by atoms with Crippen LogP contribution in [0.2, 0.25) is 0 Å². The molecule has 178 valence electrons. The Balaban J connectivity index is 1.33. The van der Waals surface area contributed by atoms with Crippen LogP contribution in [-0.2, 0) is 17.8 Å².